The van der Waals surface area contributed by atoms with Gasteiger partial charge < -0.3 is 10.1 Å². The lowest BCUT2D eigenvalue weighted by atomic mass is 9.93. The molecule has 170 valence electrons. The lowest BCUT2D eigenvalue weighted by Gasteiger charge is -2.43. The van der Waals surface area contributed by atoms with Gasteiger partial charge in [-0.2, -0.15) is 5.10 Å². The van der Waals surface area contributed by atoms with Crippen LogP contribution in [0.25, 0.3) is 0 Å². The molecule has 1 atom stereocenters. The third-order valence-corrected chi connectivity index (χ3v) is 5.72. The molecule has 2 amide bonds. The van der Waals surface area contributed by atoms with E-state index in [1.165, 1.54) is 15.6 Å². The number of aromatic nitrogens is 2. The summed E-state index contributed by atoms with van der Waals surface area (Å²) < 4.78 is 6.45. The summed E-state index contributed by atoms with van der Waals surface area (Å²) in [5.74, 6) is -1.34. The zero-order valence-electron chi connectivity index (χ0n) is 18.9. The topological polar surface area (TPSA) is 93.5 Å². The number of carbonyl (C=O) groups is 3. The highest BCUT2D eigenvalue weighted by Crippen LogP contribution is 2.33. The second-order valence-electron chi connectivity index (χ2n) is 8.21. The Balaban J connectivity index is 1.72. The van der Waals surface area contributed by atoms with E-state index in [2.05, 4.69) is 10.4 Å². The van der Waals surface area contributed by atoms with Gasteiger partial charge in [-0.15, -0.1) is 0 Å². The van der Waals surface area contributed by atoms with Crippen LogP contribution in [-0.4, -0.2) is 39.7 Å². The molecular weight excluding hydrogens is 420 g/mol. The van der Waals surface area contributed by atoms with Crippen LogP contribution in [0, 0.1) is 6.92 Å². The quantitative estimate of drug-likeness (QED) is 0.588. The normalized spacial score (nSPS) is 17.4. The molecule has 0 saturated heterocycles. The fourth-order valence-corrected chi connectivity index (χ4v) is 3.95. The van der Waals surface area contributed by atoms with Crippen molar-refractivity contribution in [1.82, 2.24) is 15.1 Å². The molecule has 8 heteroatoms. The lowest BCUT2D eigenvalue weighted by molar-refractivity contribution is -0.126. The Labute approximate surface area is 192 Å². The van der Waals surface area contributed by atoms with Gasteiger partial charge in [-0.25, -0.2) is 4.79 Å². The molecule has 2 aromatic carbocycles. The molecule has 0 unspecified atom stereocenters. The molecule has 0 aliphatic carbocycles. The summed E-state index contributed by atoms with van der Waals surface area (Å²) in [6.07, 6.45) is 0. The van der Waals surface area contributed by atoms with Crippen molar-refractivity contribution in [3.63, 3.8) is 0 Å². The van der Waals surface area contributed by atoms with Crippen LogP contribution in [0.2, 0.25) is 0 Å². The molecule has 0 spiro atoms. The number of hydrogen-bond donors (Lipinski definition) is 1. The van der Waals surface area contributed by atoms with Crippen molar-refractivity contribution < 1.29 is 19.1 Å². The Morgan fingerprint density at radius 3 is 2.48 bits per heavy atom. The highest BCUT2D eigenvalue weighted by atomic mass is 16.5. The Morgan fingerprint density at radius 1 is 1.12 bits per heavy atom. The van der Waals surface area contributed by atoms with E-state index in [1.807, 2.05) is 61.5 Å². The van der Waals surface area contributed by atoms with Gasteiger partial charge in [0.15, 0.2) is 5.69 Å². The maximum atomic E-state index is 13.6. The Morgan fingerprint density at radius 2 is 1.82 bits per heavy atom. The number of benzene rings is 2. The van der Waals surface area contributed by atoms with Crippen LogP contribution in [0.4, 0.5) is 5.69 Å². The predicted molar refractivity (Wildman–Crippen MR) is 123 cm³/mol. The number of esters is 1. The van der Waals surface area contributed by atoms with E-state index in [1.54, 1.807) is 13.8 Å². The number of rotatable bonds is 6. The zero-order valence-corrected chi connectivity index (χ0v) is 18.9. The van der Waals surface area contributed by atoms with Crippen LogP contribution in [0.1, 0.15) is 46.0 Å². The number of anilines is 1. The van der Waals surface area contributed by atoms with E-state index < -0.39 is 17.4 Å². The van der Waals surface area contributed by atoms with Crippen molar-refractivity contribution in [3.8, 4) is 0 Å². The molecule has 1 aromatic heterocycles. The summed E-state index contributed by atoms with van der Waals surface area (Å²) in [5.41, 5.74) is 1.57. The molecule has 1 N–H and O–H groups in total. The molecule has 0 saturated carbocycles. The number of carbonyl (C=O) groups excluding carboxylic acids is 3. The largest absolute Gasteiger partial charge is 0.461 e. The lowest BCUT2D eigenvalue weighted by Crippen LogP contribution is -2.64. The van der Waals surface area contributed by atoms with Crippen molar-refractivity contribution >= 4 is 23.5 Å². The first-order valence-corrected chi connectivity index (χ1v) is 10.8. The first kappa shape index (κ1) is 22.3. The molecular formula is C25H26N4O4. The van der Waals surface area contributed by atoms with Crippen molar-refractivity contribution in [2.75, 3.05) is 11.5 Å². The number of fused-ring (bicyclic) bond motifs is 1. The highest BCUT2D eigenvalue weighted by Gasteiger charge is 2.49. The van der Waals surface area contributed by atoms with Gasteiger partial charge in [0, 0.05) is 18.3 Å². The molecule has 0 radical (unpaired) electrons. The van der Waals surface area contributed by atoms with Gasteiger partial charge in [-0.1, -0.05) is 48.0 Å². The Bertz CT molecular complexity index is 1190. The molecule has 0 bridgehead atoms. The van der Waals surface area contributed by atoms with E-state index in [0.29, 0.717) is 12.2 Å². The minimum absolute atomic E-state index is 0.0398. The van der Waals surface area contributed by atoms with E-state index >= 15 is 0 Å². The summed E-state index contributed by atoms with van der Waals surface area (Å²) in [6, 6.07) is 18.4. The summed E-state index contributed by atoms with van der Waals surface area (Å²) in [7, 11) is 0. The van der Waals surface area contributed by atoms with E-state index in [4.69, 9.17) is 4.74 Å². The highest BCUT2D eigenvalue weighted by molar-refractivity contribution is 6.12. The Hall–Kier alpha value is -3.94. The van der Waals surface area contributed by atoms with Crippen molar-refractivity contribution in [2.45, 2.75) is 39.4 Å². The Kier molecular flexibility index (Phi) is 6.00. The second-order valence-corrected chi connectivity index (χ2v) is 8.21. The number of nitrogens with zero attached hydrogens (tertiary/aromatic N) is 3. The van der Waals surface area contributed by atoms with Crippen molar-refractivity contribution in [1.29, 1.82) is 0 Å². The van der Waals surface area contributed by atoms with Gasteiger partial charge in [-0.3, -0.25) is 19.2 Å². The van der Waals surface area contributed by atoms with Gasteiger partial charge in [0.25, 0.3) is 5.91 Å². The van der Waals surface area contributed by atoms with Gasteiger partial charge in [0.2, 0.25) is 5.91 Å². The molecule has 8 nitrogen and oxygen atoms in total. The van der Waals surface area contributed by atoms with Crippen LogP contribution in [0.15, 0.2) is 60.7 Å². The number of ether oxygens (including phenoxy) is 1. The monoisotopic (exact) mass is 446 g/mol. The maximum Gasteiger partial charge on any atom is 0.358 e. The SMILES string of the molecule is CCOC(=O)c1cc2n(n1)C[C@](C)(C(=O)NCc1ccccc1)N(c1ccc(C)cc1)C2=O. The van der Waals surface area contributed by atoms with Crippen LogP contribution in [-0.2, 0) is 22.6 Å². The van der Waals surface area contributed by atoms with Crippen molar-refractivity contribution in [3.05, 3.63) is 83.2 Å². The molecule has 3 aromatic rings. The van der Waals surface area contributed by atoms with Crippen LogP contribution in [0.3, 0.4) is 0 Å². The molecule has 1 aliphatic rings. The first-order valence-electron chi connectivity index (χ1n) is 10.8. The molecule has 0 fully saturated rings. The third kappa shape index (κ3) is 4.24. The molecule has 33 heavy (non-hydrogen) atoms. The van der Waals surface area contributed by atoms with Gasteiger partial charge in [0.1, 0.15) is 11.2 Å². The smallest absolute Gasteiger partial charge is 0.358 e. The average molecular weight is 447 g/mol. The van der Waals surface area contributed by atoms with Crippen LogP contribution >= 0.6 is 0 Å². The maximum absolute atomic E-state index is 13.6. The van der Waals surface area contributed by atoms with Gasteiger partial charge in [0.05, 0.1) is 13.2 Å². The molecule has 2 heterocycles. The third-order valence-electron chi connectivity index (χ3n) is 5.72. The number of hydrogen-bond acceptors (Lipinski definition) is 5. The summed E-state index contributed by atoms with van der Waals surface area (Å²) in [5, 5.41) is 7.23. The average Bonchev–Trinajstić information content (AvgIpc) is 3.24. The standard InChI is InChI=1S/C25H26N4O4/c1-4-33-23(31)20-14-21-22(30)29(19-12-10-17(2)11-13-19)25(3,16-28(21)27-20)24(32)26-15-18-8-6-5-7-9-18/h5-14H,4,15-16H2,1-3H3,(H,26,32)/t25-/m1/s1. The minimum Gasteiger partial charge on any atom is -0.461 e. The summed E-state index contributed by atoms with van der Waals surface area (Å²) in [6.45, 7) is 5.97. The predicted octanol–water partition coefficient (Wildman–Crippen LogP) is 3.10. The zero-order chi connectivity index (χ0) is 23.6. The van der Waals surface area contributed by atoms with E-state index in [0.717, 1.165) is 11.1 Å². The fraction of sp³-hybridized carbons (Fsp3) is 0.280. The van der Waals surface area contributed by atoms with E-state index in [-0.39, 0.29) is 30.4 Å². The second kappa shape index (κ2) is 8.90. The van der Waals surface area contributed by atoms with Gasteiger partial charge in [-0.05, 0) is 38.5 Å². The summed E-state index contributed by atoms with van der Waals surface area (Å²) >= 11 is 0. The minimum atomic E-state index is -1.27. The first-order chi connectivity index (χ1) is 15.8. The molecule has 1 aliphatic heterocycles. The molecule has 4 rings (SSSR count). The fourth-order valence-electron chi connectivity index (χ4n) is 3.95. The number of aryl methyl sites for hydroxylation is 1. The van der Waals surface area contributed by atoms with Gasteiger partial charge >= 0.3 is 5.97 Å². The summed E-state index contributed by atoms with van der Waals surface area (Å²) in [4.78, 5) is 40.8. The number of amides is 2. The van der Waals surface area contributed by atoms with Crippen molar-refractivity contribution in [2.24, 2.45) is 0 Å². The number of nitrogens with one attached hydrogen (secondary N) is 1. The van der Waals surface area contributed by atoms with Crippen LogP contribution < -0.4 is 10.2 Å². The van der Waals surface area contributed by atoms with E-state index in [9.17, 15) is 14.4 Å². The van der Waals surface area contributed by atoms with Crippen LogP contribution in [0.5, 0.6) is 0 Å².